The monoisotopic (exact) mass is 593 g/mol. The number of rotatable bonds is 6. The lowest BCUT2D eigenvalue weighted by Gasteiger charge is -2.16. The van der Waals surface area contributed by atoms with Gasteiger partial charge in [0.05, 0.1) is 19.6 Å². The second-order valence-corrected chi connectivity index (χ2v) is 11.3. The quantitative estimate of drug-likeness (QED) is 0.266. The predicted octanol–water partition coefficient (Wildman–Crippen LogP) is 3.80. The predicted molar refractivity (Wildman–Crippen MR) is 172 cm³/mol. The molecule has 1 aliphatic heterocycles. The Morgan fingerprint density at radius 3 is 2.50 bits per heavy atom. The molecule has 2 aliphatic rings. The van der Waals surface area contributed by atoms with E-state index in [0.717, 1.165) is 58.9 Å². The maximum Gasteiger partial charge on any atom is 0.246 e. The molecular weight excluding hydrogens is 554 g/mol. The van der Waals surface area contributed by atoms with Crippen LogP contribution in [0, 0.1) is 36.5 Å². The number of piperidine rings is 1. The molecule has 44 heavy (non-hydrogen) atoms. The van der Waals surface area contributed by atoms with Gasteiger partial charge in [-0.1, -0.05) is 36.3 Å². The molecular formula is C34H39N7O3. The number of carbonyl (C=O) groups excluding carboxylic acids is 1. The highest BCUT2D eigenvalue weighted by molar-refractivity contribution is 6.04. The molecule has 10 nitrogen and oxygen atoms in total. The summed E-state index contributed by atoms with van der Waals surface area (Å²) in [5.41, 5.74) is 10.7. The molecule has 2 unspecified atom stereocenters. The van der Waals surface area contributed by atoms with E-state index in [-0.39, 0.29) is 11.8 Å². The maximum atomic E-state index is 12.5. The molecule has 0 spiro atoms. The van der Waals surface area contributed by atoms with Gasteiger partial charge in [0.1, 0.15) is 29.2 Å². The lowest BCUT2D eigenvalue weighted by molar-refractivity contribution is -0.125. The summed E-state index contributed by atoms with van der Waals surface area (Å²) < 4.78 is 12.5. The number of pyridine rings is 1. The van der Waals surface area contributed by atoms with Gasteiger partial charge in [-0.2, -0.15) is 0 Å². The number of carbonyl (C=O) groups is 1. The minimum Gasteiger partial charge on any atom is -0.496 e. The van der Waals surface area contributed by atoms with Crippen molar-refractivity contribution in [2.45, 2.75) is 6.92 Å². The zero-order chi connectivity index (χ0) is 31.4. The van der Waals surface area contributed by atoms with Crippen LogP contribution in [-0.4, -0.2) is 83.2 Å². The van der Waals surface area contributed by atoms with Crippen molar-refractivity contribution < 1.29 is 14.3 Å². The summed E-state index contributed by atoms with van der Waals surface area (Å²) in [4.78, 5) is 29.2. The molecule has 10 heteroatoms. The third-order valence-corrected chi connectivity index (χ3v) is 8.04. The van der Waals surface area contributed by atoms with E-state index < -0.39 is 0 Å². The first-order chi connectivity index (χ1) is 21.2. The molecule has 1 amide bonds. The number of benzene rings is 1. The van der Waals surface area contributed by atoms with Crippen LogP contribution >= 0.6 is 0 Å². The van der Waals surface area contributed by atoms with Gasteiger partial charge in [-0.05, 0) is 50.9 Å². The molecule has 2 atom stereocenters. The Kier molecular flexibility index (Phi) is 9.16. The highest BCUT2D eigenvalue weighted by Crippen LogP contribution is 2.51. The molecule has 1 saturated heterocycles. The number of likely N-dealkylation sites (N-methyl/N-ethyl adjacent to an activating group) is 1. The number of nitrogens with two attached hydrogens (primary N) is 1. The number of anilines is 1. The number of nitrogen functional groups attached to an aromatic ring is 1. The van der Waals surface area contributed by atoms with Crippen molar-refractivity contribution in [3.63, 3.8) is 0 Å². The topological polar surface area (TPSA) is 112 Å². The van der Waals surface area contributed by atoms with Crippen molar-refractivity contribution in [1.82, 2.24) is 29.3 Å². The Morgan fingerprint density at radius 2 is 1.84 bits per heavy atom. The minimum absolute atomic E-state index is 0.0898. The SMILES string of the molecule is COc1cccc(C)n1.COc1ccccc1-c1c(C#CC2C3CN(C(=O)/C=C/CN(C)C)CC23)n(C)c2ncnc(N)c12. The van der Waals surface area contributed by atoms with E-state index in [2.05, 4.69) is 26.8 Å². The molecule has 0 radical (unpaired) electrons. The molecule has 2 fully saturated rings. The number of hydrogen-bond acceptors (Lipinski definition) is 8. The maximum absolute atomic E-state index is 12.5. The van der Waals surface area contributed by atoms with E-state index in [1.165, 1.54) is 6.33 Å². The zero-order valence-electron chi connectivity index (χ0n) is 26.1. The summed E-state index contributed by atoms with van der Waals surface area (Å²) in [5, 5.41) is 0.779. The van der Waals surface area contributed by atoms with E-state index in [0.29, 0.717) is 23.5 Å². The summed E-state index contributed by atoms with van der Waals surface area (Å²) in [6, 6.07) is 13.5. The van der Waals surface area contributed by atoms with Crippen LogP contribution in [0.4, 0.5) is 5.82 Å². The van der Waals surface area contributed by atoms with Gasteiger partial charge >= 0.3 is 0 Å². The van der Waals surface area contributed by atoms with Crippen molar-refractivity contribution in [3.8, 4) is 34.6 Å². The van der Waals surface area contributed by atoms with Crippen molar-refractivity contribution in [2.24, 2.45) is 24.8 Å². The number of para-hydroxylation sites is 1. The van der Waals surface area contributed by atoms with Crippen molar-refractivity contribution >= 4 is 22.8 Å². The van der Waals surface area contributed by atoms with Crippen LogP contribution in [0.5, 0.6) is 11.6 Å². The van der Waals surface area contributed by atoms with Gasteiger partial charge in [0, 0.05) is 61.6 Å². The van der Waals surface area contributed by atoms with Gasteiger partial charge in [-0.25, -0.2) is 15.0 Å². The standard InChI is InChI=1S/C27H30N6O2.C7H9NO/c1-31(2)13-7-10-23(34)33-14-19-17(20(19)15-33)11-12-21-24(18-8-5-6-9-22(18)35-4)25-26(28)29-16-30-27(25)32(21)3;1-6-4-3-5-7(8-6)9-2/h5-10,16-17,19-20H,13-15H2,1-4H3,(H2,28,29,30);3-5H,1-2H3/b10-7+;. The third-order valence-electron chi connectivity index (χ3n) is 8.04. The first-order valence-corrected chi connectivity index (χ1v) is 14.5. The van der Waals surface area contributed by atoms with Crippen molar-refractivity contribution in [2.75, 3.05) is 53.7 Å². The number of amides is 1. The van der Waals surface area contributed by atoms with Gasteiger partial charge in [0.25, 0.3) is 0 Å². The number of fused-ring (bicyclic) bond motifs is 2. The van der Waals surface area contributed by atoms with Gasteiger partial charge in [-0.15, -0.1) is 0 Å². The normalized spacial score (nSPS) is 18.4. The van der Waals surface area contributed by atoms with E-state index in [9.17, 15) is 4.79 Å². The summed E-state index contributed by atoms with van der Waals surface area (Å²) in [5.74, 6) is 10.0. The zero-order valence-corrected chi connectivity index (χ0v) is 26.1. The van der Waals surface area contributed by atoms with Crippen LogP contribution in [0.25, 0.3) is 22.2 Å². The highest BCUT2D eigenvalue weighted by Gasteiger charge is 2.55. The Balaban J connectivity index is 0.000000367. The molecule has 1 saturated carbocycles. The number of hydrogen-bond donors (Lipinski definition) is 1. The van der Waals surface area contributed by atoms with Crippen LogP contribution in [0.3, 0.4) is 0 Å². The number of likely N-dealkylation sites (tertiary alicyclic amines) is 1. The summed E-state index contributed by atoms with van der Waals surface area (Å²) >= 11 is 0. The van der Waals surface area contributed by atoms with Crippen molar-refractivity contribution in [3.05, 3.63) is 72.3 Å². The smallest absolute Gasteiger partial charge is 0.246 e. The van der Waals surface area contributed by atoms with Crippen molar-refractivity contribution in [1.29, 1.82) is 0 Å². The Bertz CT molecular complexity index is 1740. The molecule has 3 aromatic heterocycles. The molecule has 1 aliphatic carbocycles. The van der Waals surface area contributed by atoms with Crippen LogP contribution in [-0.2, 0) is 11.8 Å². The number of methoxy groups -OCH3 is 2. The summed E-state index contributed by atoms with van der Waals surface area (Å²) in [6.45, 7) is 4.22. The summed E-state index contributed by atoms with van der Waals surface area (Å²) in [6.07, 6.45) is 5.08. The fourth-order valence-corrected chi connectivity index (χ4v) is 5.71. The van der Waals surface area contributed by atoms with Gasteiger partial charge in [0.2, 0.25) is 11.8 Å². The van der Waals surface area contributed by atoms with E-state index in [1.54, 1.807) is 20.3 Å². The number of aromatic nitrogens is 4. The molecule has 4 aromatic rings. The third kappa shape index (κ3) is 6.38. The van der Waals surface area contributed by atoms with Crippen LogP contribution in [0.2, 0.25) is 0 Å². The number of nitrogens with zero attached hydrogens (tertiary/aromatic N) is 6. The highest BCUT2D eigenvalue weighted by atomic mass is 16.5. The number of aryl methyl sites for hydroxylation is 2. The molecule has 6 rings (SSSR count). The molecule has 228 valence electrons. The molecule has 0 bridgehead atoms. The fourth-order valence-electron chi connectivity index (χ4n) is 5.71. The van der Waals surface area contributed by atoms with Crippen LogP contribution < -0.4 is 15.2 Å². The van der Waals surface area contributed by atoms with Crippen LogP contribution in [0.15, 0.2) is 60.9 Å². The largest absolute Gasteiger partial charge is 0.496 e. The number of ether oxygens (including phenoxy) is 2. The molecule has 2 N–H and O–H groups in total. The molecule has 4 heterocycles. The van der Waals surface area contributed by atoms with E-state index in [1.807, 2.05) is 91.0 Å². The van der Waals surface area contributed by atoms with Gasteiger partial charge in [0.15, 0.2) is 0 Å². The Labute approximate surface area is 258 Å². The Hall–Kier alpha value is -4.88. The van der Waals surface area contributed by atoms with E-state index in [4.69, 9.17) is 15.2 Å². The first-order valence-electron chi connectivity index (χ1n) is 14.5. The van der Waals surface area contributed by atoms with Gasteiger partial charge in [-0.3, -0.25) is 4.79 Å². The minimum atomic E-state index is 0.0898. The Morgan fingerprint density at radius 1 is 1.09 bits per heavy atom. The fraction of sp³-hybridized carbons (Fsp3) is 0.353. The molecule has 1 aromatic carbocycles. The van der Waals surface area contributed by atoms with Crippen LogP contribution in [0.1, 0.15) is 11.4 Å². The lowest BCUT2D eigenvalue weighted by Crippen LogP contribution is -2.30. The second-order valence-electron chi connectivity index (χ2n) is 11.3. The average molecular weight is 594 g/mol. The second kappa shape index (κ2) is 13.2. The average Bonchev–Trinajstić information content (AvgIpc) is 3.31. The summed E-state index contributed by atoms with van der Waals surface area (Å²) in [7, 11) is 9.19. The van der Waals surface area contributed by atoms with E-state index >= 15 is 0 Å². The first kappa shape index (κ1) is 30.6. The van der Waals surface area contributed by atoms with Gasteiger partial charge < -0.3 is 29.6 Å². The lowest BCUT2D eigenvalue weighted by atomic mass is 10.0.